The highest BCUT2D eigenvalue weighted by Crippen LogP contribution is 2.08. The molecular formula is C7H14N4O. The molecule has 0 spiro atoms. The van der Waals surface area contributed by atoms with E-state index in [0.29, 0.717) is 12.4 Å². The van der Waals surface area contributed by atoms with Crippen molar-refractivity contribution in [3.05, 3.63) is 11.6 Å². The van der Waals surface area contributed by atoms with Gasteiger partial charge in [-0.3, -0.25) is 0 Å². The molecule has 12 heavy (non-hydrogen) atoms. The molecule has 0 radical (unpaired) electrons. The number of aromatic nitrogens is 3. The summed E-state index contributed by atoms with van der Waals surface area (Å²) in [6, 6.07) is 0. The van der Waals surface area contributed by atoms with Gasteiger partial charge in [-0.25, -0.2) is 0 Å². The van der Waals surface area contributed by atoms with Crippen LogP contribution in [0, 0.1) is 6.92 Å². The summed E-state index contributed by atoms with van der Waals surface area (Å²) in [5.74, 6) is 1.40. The number of nitrogens with one attached hydrogen (secondary N) is 1. The first-order valence-corrected chi connectivity index (χ1v) is 3.85. The van der Waals surface area contributed by atoms with E-state index in [9.17, 15) is 5.11 Å². The van der Waals surface area contributed by atoms with E-state index < -0.39 is 6.10 Å². The topological polar surface area (TPSA) is 63.0 Å². The molecule has 0 saturated carbocycles. The van der Waals surface area contributed by atoms with Gasteiger partial charge in [-0.2, -0.15) is 0 Å². The van der Waals surface area contributed by atoms with Crippen LogP contribution in [-0.4, -0.2) is 33.5 Å². The lowest BCUT2D eigenvalue weighted by atomic mass is 10.3. The Balaban J connectivity index is 2.80. The number of aliphatic hydroxyl groups excluding tert-OH is 1. The molecule has 0 aliphatic heterocycles. The largest absolute Gasteiger partial charge is 0.384 e. The zero-order valence-corrected chi connectivity index (χ0v) is 7.57. The fraction of sp³-hybridized carbons (Fsp3) is 0.714. The molecule has 5 nitrogen and oxygen atoms in total. The van der Waals surface area contributed by atoms with Crippen molar-refractivity contribution in [1.29, 1.82) is 0 Å². The number of aliphatic hydroxyl groups is 1. The Bertz CT molecular complexity index is 258. The second-order valence-corrected chi connectivity index (χ2v) is 2.74. The number of rotatable bonds is 3. The second-order valence-electron chi connectivity index (χ2n) is 2.74. The predicted octanol–water partition coefficient (Wildman–Crippen LogP) is -0.624. The summed E-state index contributed by atoms with van der Waals surface area (Å²) in [7, 11) is 3.62. The highest BCUT2D eigenvalue weighted by Gasteiger charge is 2.13. The average molecular weight is 170 g/mol. The first kappa shape index (κ1) is 9.15. The maximum absolute atomic E-state index is 9.53. The van der Waals surface area contributed by atoms with Gasteiger partial charge < -0.3 is 15.0 Å². The van der Waals surface area contributed by atoms with Crippen molar-refractivity contribution in [2.24, 2.45) is 7.05 Å². The zero-order valence-electron chi connectivity index (χ0n) is 7.57. The van der Waals surface area contributed by atoms with E-state index >= 15 is 0 Å². The van der Waals surface area contributed by atoms with Crippen LogP contribution in [0.2, 0.25) is 0 Å². The number of hydrogen-bond donors (Lipinski definition) is 2. The van der Waals surface area contributed by atoms with Gasteiger partial charge in [0.2, 0.25) is 0 Å². The van der Waals surface area contributed by atoms with Crippen LogP contribution in [0.3, 0.4) is 0 Å². The minimum Gasteiger partial charge on any atom is -0.384 e. The molecule has 0 aromatic carbocycles. The van der Waals surface area contributed by atoms with Crippen LogP contribution < -0.4 is 5.32 Å². The van der Waals surface area contributed by atoms with Gasteiger partial charge in [0, 0.05) is 13.6 Å². The lowest BCUT2D eigenvalue weighted by molar-refractivity contribution is 0.164. The van der Waals surface area contributed by atoms with Gasteiger partial charge in [0.1, 0.15) is 11.9 Å². The standard InChI is InChI=1S/C7H14N4O/c1-5-9-10-7(11(5)3)6(12)4-8-2/h6,8,12H,4H2,1-3H3. The van der Waals surface area contributed by atoms with E-state index in [-0.39, 0.29) is 0 Å². The van der Waals surface area contributed by atoms with Crippen LogP contribution in [-0.2, 0) is 7.05 Å². The van der Waals surface area contributed by atoms with Crippen LogP contribution >= 0.6 is 0 Å². The average Bonchev–Trinajstić information content (AvgIpc) is 2.34. The van der Waals surface area contributed by atoms with Crippen molar-refractivity contribution in [2.45, 2.75) is 13.0 Å². The minimum atomic E-state index is -0.582. The molecule has 1 heterocycles. The Labute approximate surface area is 71.4 Å². The molecular weight excluding hydrogens is 156 g/mol. The Morgan fingerprint density at radius 1 is 1.58 bits per heavy atom. The number of likely N-dealkylation sites (N-methyl/N-ethyl adjacent to an activating group) is 1. The molecule has 2 N–H and O–H groups in total. The van der Waals surface area contributed by atoms with Crippen LogP contribution in [0.25, 0.3) is 0 Å². The van der Waals surface area contributed by atoms with Gasteiger partial charge in [0.05, 0.1) is 0 Å². The lowest BCUT2D eigenvalue weighted by Crippen LogP contribution is -2.19. The molecule has 1 unspecified atom stereocenters. The van der Waals surface area contributed by atoms with Crippen LogP contribution in [0.1, 0.15) is 17.8 Å². The summed E-state index contributed by atoms with van der Waals surface area (Å²) >= 11 is 0. The van der Waals surface area contributed by atoms with Crippen LogP contribution in [0.5, 0.6) is 0 Å². The van der Waals surface area contributed by atoms with Gasteiger partial charge in [-0.1, -0.05) is 0 Å². The van der Waals surface area contributed by atoms with Crippen molar-refractivity contribution in [2.75, 3.05) is 13.6 Å². The summed E-state index contributed by atoms with van der Waals surface area (Å²) in [4.78, 5) is 0. The van der Waals surface area contributed by atoms with Crippen LogP contribution in [0.4, 0.5) is 0 Å². The van der Waals surface area contributed by atoms with Gasteiger partial charge in [-0.05, 0) is 14.0 Å². The Hall–Kier alpha value is -0.940. The van der Waals surface area contributed by atoms with Gasteiger partial charge in [0.15, 0.2) is 5.82 Å². The van der Waals surface area contributed by atoms with Crippen molar-refractivity contribution >= 4 is 0 Å². The maximum atomic E-state index is 9.53. The molecule has 0 aliphatic carbocycles. The molecule has 0 aliphatic rings. The molecule has 1 rings (SSSR count). The second kappa shape index (κ2) is 3.64. The van der Waals surface area contributed by atoms with Crippen molar-refractivity contribution in [3.63, 3.8) is 0 Å². The molecule has 1 aromatic heterocycles. The summed E-state index contributed by atoms with van der Waals surface area (Å²) in [5.41, 5.74) is 0. The fourth-order valence-corrected chi connectivity index (χ4v) is 0.998. The van der Waals surface area contributed by atoms with Crippen LogP contribution in [0.15, 0.2) is 0 Å². The maximum Gasteiger partial charge on any atom is 0.163 e. The molecule has 1 atom stereocenters. The normalized spacial score (nSPS) is 13.3. The minimum absolute atomic E-state index is 0.492. The lowest BCUT2D eigenvalue weighted by Gasteiger charge is -2.08. The number of nitrogens with zero attached hydrogens (tertiary/aromatic N) is 3. The van der Waals surface area contributed by atoms with E-state index in [1.807, 2.05) is 14.0 Å². The Morgan fingerprint density at radius 2 is 2.25 bits per heavy atom. The molecule has 0 fully saturated rings. The highest BCUT2D eigenvalue weighted by molar-refractivity contribution is 4.96. The van der Waals surface area contributed by atoms with E-state index in [2.05, 4.69) is 15.5 Å². The van der Waals surface area contributed by atoms with E-state index in [0.717, 1.165) is 5.82 Å². The Morgan fingerprint density at radius 3 is 2.67 bits per heavy atom. The third kappa shape index (κ3) is 1.62. The highest BCUT2D eigenvalue weighted by atomic mass is 16.3. The molecule has 5 heteroatoms. The van der Waals surface area contributed by atoms with Gasteiger partial charge >= 0.3 is 0 Å². The zero-order chi connectivity index (χ0) is 9.14. The van der Waals surface area contributed by atoms with E-state index in [1.54, 1.807) is 11.6 Å². The monoisotopic (exact) mass is 170 g/mol. The predicted molar refractivity (Wildman–Crippen MR) is 44.6 cm³/mol. The Kier molecular flexibility index (Phi) is 2.78. The molecule has 0 amide bonds. The van der Waals surface area contributed by atoms with Crippen molar-refractivity contribution < 1.29 is 5.11 Å². The smallest absolute Gasteiger partial charge is 0.163 e. The van der Waals surface area contributed by atoms with Gasteiger partial charge in [0.25, 0.3) is 0 Å². The third-order valence-corrected chi connectivity index (χ3v) is 1.82. The molecule has 1 aromatic rings. The van der Waals surface area contributed by atoms with Crippen molar-refractivity contribution in [1.82, 2.24) is 20.1 Å². The molecule has 68 valence electrons. The number of aryl methyl sites for hydroxylation is 1. The number of hydrogen-bond acceptors (Lipinski definition) is 4. The molecule has 0 bridgehead atoms. The quantitative estimate of drug-likeness (QED) is 0.634. The van der Waals surface area contributed by atoms with Crippen molar-refractivity contribution in [3.8, 4) is 0 Å². The van der Waals surface area contributed by atoms with Gasteiger partial charge in [-0.15, -0.1) is 10.2 Å². The third-order valence-electron chi connectivity index (χ3n) is 1.82. The summed E-state index contributed by atoms with van der Waals surface area (Å²) < 4.78 is 1.78. The summed E-state index contributed by atoms with van der Waals surface area (Å²) in [6.07, 6.45) is -0.582. The summed E-state index contributed by atoms with van der Waals surface area (Å²) in [5, 5.41) is 20.1. The first-order valence-electron chi connectivity index (χ1n) is 3.85. The summed E-state index contributed by atoms with van der Waals surface area (Å²) in [6.45, 7) is 2.34. The van der Waals surface area contributed by atoms with E-state index in [4.69, 9.17) is 0 Å². The van der Waals surface area contributed by atoms with E-state index in [1.165, 1.54) is 0 Å². The molecule has 0 saturated heterocycles. The first-order chi connectivity index (χ1) is 5.66. The SMILES string of the molecule is CNCC(O)c1nnc(C)n1C. The fourth-order valence-electron chi connectivity index (χ4n) is 0.998.